The molecule has 0 heterocycles. The van der Waals surface area contributed by atoms with Gasteiger partial charge in [-0.3, -0.25) is 9.59 Å². The zero-order valence-corrected chi connectivity index (χ0v) is 13.9. The highest BCUT2D eigenvalue weighted by Crippen LogP contribution is 2.05. The molecule has 0 atom stereocenters. The first-order valence-corrected chi connectivity index (χ1v) is 8.19. The molecule has 0 aromatic heterocycles. The molecule has 0 saturated heterocycles. The summed E-state index contributed by atoms with van der Waals surface area (Å²) >= 11 is 0. The number of amides is 2. The fraction of sp³-hybridized carbons (Fsp3) is 0.263. The standard InChI is InChI=1S/C19H22FN3O2/c20-16-7-5-15(6-8-16)19(25)23-12-1-2-18(24)22-13-11-14-3-9-17(21)10-4-14/h3-10H,1-2,11-13,21H2,(H,22,24)(H,23,25). The van der Waals surface area contributed by atoms with Crippen molar-refractivity contribution in [1.29, 1.82) is 0 Å². The van der Waals surface area contributed by atoms with Gasteiger partial charge in [0.2, 0.25) is 5.91 Å². The Labute approximate surface area is 146 Å². The molecule has 6 heteroatoms. The minimum atomic E-state index is -0.382. The lowest BCUT2D eigenvalue weighted by molar-refractivity contribution is -0.121. The number of carbonyl (C=O) groups excluding carboxylic acids is 2. The highest BCUT2D eigenvalue weighted by Gasteiger charge is 2.06. The Balaban J connectivity index is 1.58. The molecule has 0 radical (unpaired) electrons. The van der Waals surface area contributed by atoms with Crippen LogP contribution in [0.5, 0.6) is 0 Å². The highest BCUT2D eigenvalue weighted by atomic mass is 19.1. The molecule has 0 unspecified atom stereocenters. The van der Waals surface area contributed by atoms with E-state index in [1.54, 1.807) is 0 Å². The van der Waals surface area contributed by atoms with Crippen LogP contribution in [0.15, 0.2) is 48.5 Å². The van der Waals surface area contributed by atoms with Crippen LogP contribution in [0.25, 0.3) is 0 Å². The number of anilines is 1. The lowest BCUT2D eigenvalue weighted by Gasteiger charge is -2.07. The maximum absolute atomic E-state index is 12.8. The molecule has 0 aliphatic heterocycles. The maximum Gasteiger partial charge on any atom is 0.251 e. The third-order valence-electron chi connectivity index (χ3n) is 3.69. The molecule has 2 amide bonds. The number of halogens is 1. The molecular weight excluding hydrogens is 321 g/mol. The summed E-state index contributed by atoms with van der Waals surface area (Å²) in [7, 11) is 0. The molecule has 2 aromatic rings. The number of nitrogens with one attached hydrogen (secondary N) is 2. The van der Waals surface area contributed by atoms with Crippen molar-refractivity contribution < 1.29 is 14.0 Å². The summed E-state index contributed by atoms with van der Waals surface area (Å²) in [6.07, 6.45) is 1.62. The average molecular weight is 343 g/mol. The van der Waals surface area contributed by atoms with Crippen LogP contribution >= 0.6 is 0 Å². The van der Waals surface area contributed by atoms with Gasteiger partial charge in [-0.2, -0.15) is 0 Å². The summed E-state index contributed by atoms with van der Waals surface area (Å²) in [5.74, 6) is -0.706. The zero-order chi connectivity index (χ0) is 18.1. The van der Waals surface area contributed by atoms with Crippen LogP contribution in [0, 0.1) is 5.82 Å². The Morgan fingerprint density at radius 1 is 0.920 bits per heavy atom. The van der Waals surface area contributed by atoms with Gasteiger partial charge in [0, 0.05) is 30.8 Å². The Kier molecular flexibility index (Phi) is 6.95. The van der Waals surface area contributed by atoms with Gasteiger partial charge in [0.1, 0.15) is 5.82 Å². The number of nitrogens with two attached hydrogens (primary N) is 1. The van der Waals surface area contributed by atoms with Gasteiger partial charge in [0.25, 0.3) is 5.91 Å². The number of hydrogen-bond acceptors (Lipinski definition) is 3. The molecule has 5 nitrogen and oxygen atoms in total. The molecule has 132 valence electrons. The van der Waals surface area contributed by atoms with E-state index in [0.717, 1.165) is 17.7 Å². The van der Waals surface area contributed by atoms with Gasteiger partial charge in [-0.25, -0.2) is 4.39 Å². The van der Waals surface area contributed by atoms with Gasteiger partial charge >= 0.3 is 0 Å². The van der Waals surface area contributed by atoms with Gasteiger partial charge in [-0.15, -0.1) is 0 Å². The van der Waals surface area contributed by atoms with Crippen LogP contribution < -0.4 is 16.4 Å². The van der Waals surface area contributed by atoms with Crippen molar-refractivity contribution in [3.8, 4) is 0 Å². The molecule has 2 aromatic carbocycles. The molecule has 0 aliphatic rings. The van der Waals surface area contributed by atoms with E-state index in [2.05, 4.69) is 10.6 Å². The number of nitrogen functional groups attached to an aromatic ring is 1. The van der Waals surface area contributed by atoms with E-state index in [1.807, 2.05) is 24.3 Å². The third-order valence-corrected chi connectivity index (χ3v) is 3.69. The van der Waals surface area contributed by atoms with Crippen molar-refractivity contribution in [3.05, 3.63) is 65.5 Å². The lowest BCUT2D eigenvalue weighted by Crippen LogP contribution is -2.28. The van der Waals surface area contributed by atoms with Crippen LogP contribution in [-0.2, 0) is 11.2 Å². The van der Waals surface area contributed by atoms with Crippen molar-refractivity contribution in [2.45, 2.75) is 19.3 Å². The van der Waals surface area contributed by atoms with Gasteiger partial charge in [-0.05, 0) is 54.8 Å². The first kappa shape index (κ1) is 18.4. The fourth-order valence-electron chi connectivity index (χ4n) is 2.27. The van der Waals surface area contributed by atoms with Gasteiger partial charge in [0.15, 0.2) is 0 Å². The first-order chi connectivity index (χ1) is 12.0. The highest BCUT2D eigenvalue weighted by molar-refractivity contribution is 5.94. The van der Waals surface area contributed by atoms with Gasteiger partial charge in [0.05, 0.1) is 0 Å². The number of carbonyl (C=O) groups is 2. The molecule has 0 spiro atoms. The number of hydrogen-bond donors (Lipinski definition) is 3. The Morgan fingerprint density at radius 2 is 1.60 bits per heavy atom. The zero-order valence-electron chi connectivity index (χ0n) is 13.9. The quantitative estimate of drug-likeness (QED) is 0.508. The molecule has 0 bridgehead atoms. The minimum Gasteiger partial charge on any atom is -0.399 e. The molecule has 25 heavy (non-hydrogen) atoms. The van der Waals surface area contributed by atoms with Gasteiger partial charge < -0.3 is 16.4 Å². The van der Waals surface area contributed by atoms with E-state index in [9.17, 15) is 14.0 Å². The smallest absolute Gasteiger partial charge is 0.251 e. The van der Waals surface area contributed by atoms with Crippen LogP contribution in [0.4, 0.5) is 10.1 Å². The summed E-state index contributed by atoms with van der Waals surface area (Å²) in [4.78, 5) is 23.6. The van der Waals surface area contributed by atoms with Crippen molar-refractivity contribution >= 4 is 17.5 Å². The van der Waals surface area contributed by atoms with E-state index in [0.29, 0.717) is 31.5 Å². The second kappa shape index (κ2) is 9.42. The van der Waals surface area contributed by atoms with E-state index in [4.69, 9.17) is 5.73 Å². The third kappa shape index (κ3) is 6.63. The topological polar surface area (TPSA) is 84.2 Å². The van der Waals surface area contributed by atoms with Crippen LogP contribution in [0.3, 0.4) is 0 Å². The summed E-state index contributed by atoms with van der Waals surface area (Å²) in [6.45, 7) is 0.951. The normalized spacial score (nSPS) is 10.3. The SMILES string of the molecule is Nc1ccc(CCNC(=O)CCCNC(=O)c2ccc(F)cc2)cc1. The largest absolute Gasteiger partial charge is 0.399 e. The van der Waals surface area contributed by atoms with Crippen LogP contribution in [-0.4, -0.2) is 24.9 Å². The Bertz CT molecular complexity index is 700. The molecule has 2 rings (SSSR count). The average Bonchev–Trinajstić information content (AvgIpc) is 2.61. The Morgan fingerprint density at radius 3 is 2.28 bits per heavy atom. The van der Waals surface area contributed by atoms with Crippen molar-refractivity contribution in [2.75, 3.05) is 18.8 Å². The summed E-state index contributed by atoms with van der Waals surface area (Å²) in [6, 6.07) is 12.9. The number of benzene rings is 2. The fourth-order valence-corrected chi connectivity index (χ4v) is 2.27. The first-order valence-electron chi connectivity index (χ1n) is 8.19. The molecule has 0 saturated carbocycles. The Hall–Kier alpha value is -2.89. The molecule has 4 N–H and O–H groups in total. The second-order valence-corrected chi connectivity index (χ2v) is 5.71. The van der Waals surface area contributed by atoms with Crippen molar-refractivity contribution in [3.63, 3.8) is 0 Å². The molecule has 0 aliphatic carbocycles. The van der Waals surface area contributed by atoms with Crippen LogP contribution in [0.1, 0.15) is 28.8 Å². The lowest BCUT2D eigenvalue weighted by atomic mass is 10.1. The predicted octanol–water partition coefficient (Wildman–Crippen LogP) is 2.28. The molecule has 0 fully saturated rings. The maximum atomic E-state index is 12.8. The summed E-state index contributed by atoms with van der Waals surface area (Å²) in [5, 5.41) is 5.56. The second-order valence-electron chi connectivity index (χ2n) is 5.71. The van der Waals surface area contributed by atoms with E-state index in [1.165, 1.54) is 24.3 Å². The van der Waals surface area contributed by atoms with Crippen LogP contribution in [0.2, 0.25) is 0 Å². The monoisotopic (exact) mass is 343 g/mol. The summed E-state index contributed by atoms with van der Waals surface area (Å²) < 4.78 is 12.8. The summed E-state index contributed by atoms with van der Waals surface area (Å²) in [5.41, 5.74) is 7.85. The van der Waals surface area contributed by atoms with Gasteiger partial charge in [-0.1, -0.05) is 12.1 Å². The van der Waals surface area contributed by atoms with Crippen molar-refractivity contribution in [1.82, 2.24) is 10.6 Å². The van der Waals surface area contributed by atoms with E-state index < -0.39 is 0 Å². The predicted molar refractivity (Wildman–Crippen MR) is 95.5 cm³/mol. The van der Waals surface area contributed by atoms with E-state index in [-0.39, 0.29) is 17.6 Å². The number of rotatable bonds is 8. The van der Waals surface area contributed by atoms with Crippen molar-refractivity contribution in [2.24, 2.45) is 0 Å². The molecular formula is C19H22FN3O2. The van der Waals surface area contributed by atoms with E-state index >= 15 is 0 Å². The minimum absolute atomic E-state index is 0.0496.